The first-order valence-electron chi connectivity index (χ1n) is 7.78. The number of amides is 1. The lowest BCUT2D eigenvalue weighted by Crippen LogP contribution is -2.13. The molecule has 0 saturated heterocycles. The Bertz CT molecular complexity index is 880. The highest BCUT2D eigenvalue weighted by Crippen LogP contribution is 2.19. The van der Waals surface area contributed by atoms with Crippen molar-refractivity contribution in [2.24, 2.45) is 0 Å². The molecule has 2 N–H and O–H groups in total. The quantitative estimate of drug-likeness (QED) is 0.698. The highest BCUT2D eigenvalue weighted by atomic mass is 16.1. The minimum absolute atomic E-state index is 0.196. The number of carbonyl (C=O) groups excluding carboxylic acids is 1. The summed E-state index contributed by atoms with van der Waals surface area (Å²) in [5, 5.41) is 9.33. The molecule has 0 unspecified atom stereocenters. The number of aromatic amines is 1. The Morgan fingerprint density at radius 3 is 2.58 bits per heavy atom. The van der Waals surface area contributed by atoms with Gasteiger partial charge in [0.2, 0.25) is 0 Å². The fourth-order valence-electron chi connectivity index (χ4n) is 2.46. The topological polar surface area (TPSA) is 57.8 Å². The largest absolute Gasteiger partial charge is 0.320 e. The summed E-state index contributed by atoms with van der Waals surface area (Å²) < 4.78 is 0. The van der Waals surface area contributed by atoms with Gasteiger partial charge in [-0.05, 0) is 54.3 Å². The van der Waals surface area contributed by atoms with Crippen molar-refractivity contribution in [3.63, 3.8) is 0 Å². The third-order valence-electron chi connectivity index (χ3n) is 3.89. The van der Waals surface area contributed by atoms with Crippen LogP contribution in [0.1, 0.15) is 32.7 Å². The van der Waals surface area contributed by atoms with Gasteiger partial charge >= 0.3 is 0 Å². The summed E-state index contributed by atoms with van der Waals surface area (Å²) >= 11 is 0. The van der Waals surface area contributed by atoms with E-state index in [0.717, 1.165) is 16.8 Å². The molecule has 3 aromatic rings. The van der Waals surface area contributed by atoms with E-state index in [4.69, 9.17) is 0 Å². The average molecular weight is 317 g/mol. The molecule has 0 spiro atoms. The van der Waals surface area contributed by atoms with Crippen LogP contribution >= 0.6 is 0 Å². The van der Waals surface area contributed by atoms with Crippen molar-refractivity contribution in [3.05, 3.63) is 82.7 Å². The molecule has 1 amide bonds. The summed E-state index contributed by atoms with van der Waals surface area (Å²) in [6.07, 6.45) is 5.74. The number of carbonyl (C=O) groups is 1. The van der Waals surface area contributed by atoms with Crippen LogP contribution < -0.4 is 5.32 Å². The number of hydrogen-bond donors (Lipinski definition) is 2. The van der Waals surface area contributed by atoms with Crippen LogP contribution in [0.25, 0.3) is 12.2 Å². The molecular weight excluding hydrogens is 298 g/mol. The van der Waals surface area contributed by atoms with Gasteiger partial charge < -0.3 is 5.32 Å². The van der Waals surface area contributed by atoms with E-state index in [2.05, 4.69) is 52.8 Å². The highest BCUT2D eigenvalue weighted by molar-refractivity contribution is 6.03. The van der Waals surface area contributed by atoms with Gasteiger partial charge in [-0.3, -0.25) is 9.89 Å². The molecule has 3 rings (SSSR count). The number of aromatic nitrogens is 2. The zero-order valence-corrected chi connectivity index (χ0v) is 13.7. The molecule has 4 heteroatoms. The summed E-state index contributed by atoms with van der Waals surface area (Å²) in [5.41, 5.74) is 5.78. The van der Waals surface area contributed by atoms with Crippen LogP contribution in [0, 0.1) is 13.8 Å². The smallest absolute Gasteiger partial charge is 0.273 e. The first kappa shape index (κ1) is 15.7. The molecule has 0 bridgehead atoms. The zero-order valence-electron chi connectivity index (χ0n) is 13.7. The van der Waals surface area contributed by atoms with Gasteiger partial charge in [-0.25, -0.2) is 0 Å². The molecule has 0 saturated carbocycles. The number of nitrogens with one attached hydrogen (secondary N) is 2. The Hall–Kier alpha value is -3.14. The number of nitrogens with zero attached hydrogens (tertiary/aromatic N) is 1. The maximum Gasteiger partial charge on any atom is 0.273 e. The summed E-state index contributed by atoms with van der Waals surface area (Å²) in [4.78, 5) is 12.1. The van der Waals surface area contributed by atoms with E-state index in [0.29, 0.717) is 5.69 Å². The lowest BCUT2D eigenvalue weighted by atomic mass is 10.1. The average Bonchev–Trinajstić information content (AvgIpc) is 3.11. The van der Waals surface area contributed by atoms with Crippen LogP contribution in [0.3, 0.4) is 0 Å². The Morgan fingerprint density at radius 2 is 1.88 bits per heavy atom. The molecule has 0 aliphatic carbocycles. The van der Waals surface area contributed by atoms with Crippen molar-refractivity contribution < 1.29 is 4.79 Å². The second-order valence-electron chi connectivity index (χ2n) is 5.69. The van der Waals surface area contributed by atoms with Crippen LogP contribution in [0.4, 0.5) is 5.69 Å². The molecular formula is C20H19N3O. The predicted octanol–water partition coefficient (Wildman–Crippen LogP) is 4.45. The monoisotopic (exact) mass is 317 g/mol. The van der Waals surface area contributed by atoms with Crippen molar-refractivity contribution in [2.75, 3.05) is 5.32 Å². The zero-order chi connectivity index (χ0) is 16.9. The minimum atomic E-state index is -0.196. The van der Waals surface area contributed by atoms with Crippen molar-refractivity contribution in [1.29, 1.82) is 0 Å². The molecule has 0 aliphatic heterocycles. The fourth-order valence-corrected chi connectivity index (χ4v) is 2.46. The van der Waals surface area contributed by atoms with Crippen molar-refractivity contribution >= 4 is 23.7 Å². The Labute approximate surface area is 141 Å². The number of hydrogen-bond acceptors (Lipinski definition) is 2. The number of aryl methyl sites for hydroxylation is 2. The molecule has 24 heavy (non-hydrogen) atoms. The maximum absolute atomic E-state index is 12.1. The summed E-state index contributed by atoms with van der Waals surface area (Å²) in [5.74, 6) is -0.196. The molecule has 1 heterocycles. The maximum atomic E-state index is 12.1. The molecule has 2 aromatic carbocycles. The van der Waals surface area contributed by atoms with Gasteiger partial charge in [-0.2, -0.15) is 5.10 Å². The SMILES string of the molecule is Cc1ccccc1/C=C/c1ccc(NC(=O)c2ccn[nH]2)c(C)c1. The minimum Gasteiger partial charge on any atom is -0.320 e. The van der Waals surface area contributed by atoms with E-state index in [1.165, 1.54) is 11.1 Å². The molecule has 0 fully saturated rings. The normalized spacial score (nSPS) is 10.9. The summed E-state index contributed by atoms with van der Waals surface area (Å²) in [6, 6.07) is 15.9. The van der Waals surface area contributed by atoms with Crippen molar-refractivity contribution in [1.82, 2.24) is 10.2 Å². The van der Waals surface area contributed by atoms with E-state index >= 15 is 0 Å². The highest BCUT2D eigenvalue weighted by Gasteiger charge is 2.08. The number of benzene rings is 2. The van der Waals surface area contributed by atoms with E-state index < -0.39 is 0 Å². The van der Waals surface area contributed by atoms with Gasteiger partial charge in [-0.15, -0.1) is 0 Å². The molecule has 0 aliphatic rings. The molecule has 0 radical (unpaired) electrons. The van der Waals surface area contributed by atoms with Gasteiger partial charge in [0, 0.05) is 11.9 Å². The van der Waals surface area contributed by atoms with E-state index in [-0.39, 0.29) is 5.91 Å². The van der Waals surface area contributed by atoms with Crippen LogP contribution in [-0.2, 0) is 0 Å². The summed E-state index contributed by atoms with van der Waals surface area (Å²) in [6.45, 7) is 4.08. The first-order chi connectivity index (χ1) is 11.6. The molecule has 4 nitrogen and oxygen atoms in total. The van der Waals surface area contributed by atoms with Gasteiger partial charge in [-0.1, -0.05) is 42.5 Å². The molecule has 0 atom stereocenters. The third kappa shape index (κ3) is 3.60. The Kier molecular flexibility index (Phi) is 4.57. The third-order valence-corrected chi connectivity index (χ3v) is 3.89. The van der Waals surface area contributed by atoms with Gasteiger partial charge in [0.15, 0.2) is 0 Å². The predicted molar refractivity (Wildman–Crippen MR) is 97.8 cm³/mol. The first-order valence-corrected chi connectivity index (χ1v) is 7.78. The number of anilines is 1. The Balaban J connectivity index is 1.75. The van der Waals surface area contributed by atoms with Gasteiger partial charge in [0.05, 0.1) is 0 Å². The van der Waals surface area contributed by atoms with Gasteiger partial charge in [0.1, 0.15) is 5.69 Å². The van der Waals surface area contributed by atoms with Crippen molar-refractivity contribution in [2.45, 2.75) is 13.8 Å². The number of rotatable bonds is 4. The lowest BCUT2D eigenvalue weighted by molar-refractivity contribution is 0.102. The van der Waals surface area contributed by atoms with Gasteiger partial charge in [0.25, 0.3) is 5.91 Å². The van der Waals surface area contributed by atoms with Crippen LogP contribution in [0.2, 0.25) is 0 Å². The van der Waals surface area contributed by atoms with E-state index in [1.54, 1.807) is 12.3 Å². The Morgan fingerprint density at radius 1 is 1.04 bits per heavy atom. The fraction of sp³-hybridized carbons (Fsp3) is 0.100. The van der Waals surface area contributed by atoms with E-state index in [9.17, 15) is 4.79 Å². The van der Waals surface area contributed by atoms with Crippen molar-refractivity contribution in [3.8, 4) is 0 Å². The lowest BCUT2D eigenvalue weighted by Gasteiger charge is -2.08. The standard InChI is InChI=1S/C20H19N3O/c1-14-5-3-4-6-17(14)9-7-16-8-10-18(15(2)13-16)22-20(24)19-11-12-21-23-19/h3-13H,1-2H3,(H,21,23)(H,22,24)/b9-7+. The summed E-state index contributed by atoms with van der Waals surface area (Å²) in [7, 11) is 0. The van der Waals surface area contributed by atoms with Crippen LogP contribution in [0.5, 0.6) is 0 Å². The molecule has 1 aromatic heterocycles. The second-order valence-corrected chi connectivity index (χ2v) is 5.69. The van der Waals surface area contributed by atoms with Crippen LogP contribution in [0.15, 0.2) is 54.7 Å². The number of H-pyrrole nitrogens is 1. The van der Waals surface area contributed by atoms with Crippen LogP contribution in [-0.4, -0.2) is 16.1 Å². The van der Waals surface area contributed by atoms with E-state index in [1.807, 2.05) is 31.2 Å². The second kappa shape index (κ2) is 6.96. The molecule has 120 valence electrons.